The molecule has 6 nitrogen and oxygen atoms in total. The smallest absolute Gasteiger partial charge is 0.381 e. The Hall–Kier alpha value is -1.77. The number of alkyl halides is 3. The van der Waals surface area contributed by atoms with E-state index in [4.69, 9.17) is 4.74 Å². The summed E-state index contributed by atoms with van der Waals surface area (Å²) in [6.07, 6.45) is -0.158. The summed E-state index contributed by atoms with van der Waals surface area (Å²) in [7, 11) is 0. The Kier molecular flexibility index (Phi) is 5.21. The average molecular weight is 360 g/mol. The van der Waals surface area contributed by atoms with E-state index in [-0.39, 0.29) is 25.5 Å². The van der Waals surface area contributed by atoms with E-state index in [1.807, 2.05) is 0 Å². The minimum Gasteiger partial charge on any atom is -0.381 e. The summed E-state index contributed by atoms with van der Waals surface area (Å²) in [4.78, 5) is 13.9. The second kappa shape index (κ2) is 7.23. The van der Waals surface area contributed by atoms with Gasteiger partial charge in [0.05, 0.1) is 12.5 Å². The molecular formula is C16H23F3N4O2. The van der Waals surface area contributed by atoms with Crippen molar-refractivity contribution < 1.29 is 22.7 Å². The third kappa shape index (κ3) is 4.08. The van der Waals surface area contributed by atoms with Crippen LogP contribution in [0.25, 0.3) is 0 Å². The van der Waals surface area contributed by atoms with Crippen molar-refractivity contribution in [2.45, 2.75) is 32.0 Å². The van der Waals surface area contributed by atoms with Gasteiger partial charge < -0.3 is 15.0 Å². The third-order valence-electron chi connectivity index (χ3n) is 5.28. The molecular weight excluding hydrogens is 337 g/mol. The van der Waals surface area contributed by atoms with Gasteiger partial charge in [-0.15, -0.1) is 0 Å². The Morgan fingerprint density at radius 1 is 1.36 bits per heavy atom. The molecule has 3 heterocycles. The molecule has 0 radical (unpaired) electrons. The summed E-state index contributed by atoms with van der Waals surface area (Å²) in [6.45, 7) is 1.81. The average Bonchev–Trinajstić information content (AvgIpc) is 3.07. The number of urea groups is 1. The number of aromatic nitrogens is 2. The molecule has 2 amide bonds. The van der Waals surface area contributed by atoms with Crippen LogP contribution in [0.3, 0.4) is 0 Å². The molecule has 1 atom stereocenters. The van der Waals surface area contributed by atoms with Crippen LogP contribution >= 0.6 is 0 Å². The van der Waals surface area contributed by atoms with E-state index in [2.05, 4.69) is 10.4 Å². The fourth-order valence-electron chi connectivity index (χ4n) is 3.95. The molecule has 3 rings (SSSR count). The summed E-state index contributed by atoms with van der Waals surface area (Å²) in [5, 5.41) is 6.82. The van der Waals surface area contributed by atoms with E-state index in [9.17, 15) is 18.0 Å². The number of rotatable bonds is 3. The summed E-state index contributed by atoms with van der Waals surface area (Å²) in [5.41, 5.74) is -0.923. The normalized spacial score (nSPS) is 23.6. The first-order chi connectivity index (χ1) is 11.9. The minimum absolute atomic E-state index is 0.0456. The molecule has 0 saturated carbocycles. The highest BCUT2D eigenvalue weighted by Gasteiger charge is 2.56. The van der Waals surface area contributed by atoms with E-state index < -0.39 is 17.5 Å². The zero-order valence-electron chi connectivity index (χ0n) is 14.0. The second-order valence-electron chi connectivity index (χ2n) is 6.78. The van der Waals surface area contributed by atoms with E-state index in [1.165, 1.54) is 4.90 Å². The molecule has 1 aromatic rings. The molecule has 0 bridgehead atoms. The zero-order chi connectivity index (χ0) is 17.9. The molecule has 2 aliphatic rings. The van der Waals surface area contributed by atoms with Gasteiger partial charge >= 0.3 is 12.2 Å². The predicted octanol–water partition coefficient (Wildman–Crippen LogP) is 2.27. The van der Waals surface area contributed by atoms with Crippen LogP contribution in [0.1, 0.15) is 19.3 Å². The number of piperidine rings is 1. The molecule has 25 heavy (non-hydrogen) atoms. The van der Waals surface area contributed by atoms with Crippen molar-refractivity contribution in [1.82, 2.24) is 20.0 Å². The number of nitrogens with zero attached hydrogens (tertiary/aromatic N) is 3. The van der Waals surface area contributed by atoms with Gasteiger partial charge in [-0.25, -0.2) is 4.79 Å². The topological polar surface area (TPSA) is 59.4 Å². The highest BCUT2D eigenvalue weighted by molar-refractivity contribution is 5.74. The quantitative estimate of drug-likeness (QED) is 0.900. The number of amides is 2. The number of halogens is 3. The highest BCUT2D eigenvalue weighted by atomic mass is 19.4. The molecule has 140 valence electrons. The van der Waals surface area contributed by atoms with E-state index in [1.54, 1.807) is 23.1 Å². The zero-order valence-corrected chi connectivity index (χ0v) is 14.0. The summed E-state index contributed by atoms with van der Waals surface area (Å²) in [5.74, 6) is -1.36. The standard InChI is InChI=1S/C16H23F3N4O2/c17-16(18,19)13-2-8-22(12-15(13)3-10-25-11-4-15)14(24)20-6-9-23-7-1-5-21-23/h1,5,7,13H,2-4,6,8-12H2,(H,20,24). The number of likely N-dealkylation sites (tertiary alicyclic amines) is 1. The summed E-state index contributed by atoms with van der Waals surface area (Å²) in [6, 6.07) is 1.48. The Bertz CT molecular complexity index is 570. The van der Waals surface area contributed by atoms with Crippen LogP contribution in [0.15, 0.2) is 18.5 Å². The Morgan fingerprint density at radius 3 is 2.76 bits per heavy atom. The van der Waals surface area contributed by atoms with Crippen LogP contribution in [0.2, 0.25) is 0 Å². The van der Waals surface area contributed by atoms with E-state index >= 15 is 0 Å². The Balaban J connectivity index is 1.60. The van der Waals surface area contributed by atoms with Crippen molar-refractivity contribution in [3.63, 3.8) is 0 Å². The Labute approximate surface area is 144 Å². The fourth-order valence-corrected chi connectivity index (χ4v) is 3.95. The van der Waals surface area contributed by atoms with Gasteiger partial charge in [-0.2, -0.15) is 18.3 Å². The van der Waals surface area contributed by atoms with Crippen LogP contribution in [-0.2, 0) is 11.3 Å². The van der Waals surface area contributed by atoms with Crippen molar-refractivity contribution in [3.8, 4) is 0 Å². The molecule has 1 unspecified atom stereocenters. The van der Waals surface area contributed by atoms with Crippen molar-refractivity contribution in [1.29, 1.82) is 0 Å². The monoisotopic (exact) mass is 360 g/mol. The fraction of sp³-hybridized carbons (Fsp3) is 0.750. The minimum atomic E-state index is -4.24. The first-order valence-corrected chi connectivity index (χ1v) is 8.55. The van der Waals surface area contributed by atoms with Crippen molar-refractivity contribution >= 4 is 6.03 Å². The van der Waals surface area contributed by atoms with Gasteiger partial charge in [-0.3, -0.25) is 4.68 Å². The SMILES string of the molecule is O=C(NCCn1cccn1)N1CCC(C(F)(F)F)C2(CCOCC2)C1. The number of hydrogen-bond acceptors (Lipinski definition) is 3. The first kappa shape index (κ1) is 18.0. The number of carbonyl (C=O) groups excluding carboxylic acids is 1. The molecule has 2 fully saturated rings. The van der Waals surface area contributed by atoms with Gasteiger partial charge in [0.25, 0.3) is 0 Å². The lowest BCUT2D eigenvalue weighted by Crippen LogP contribution is -2.58. The maximum absolute atomic E-state index is 13.5. The van der Waals surface area contributed by atoms with Gasteiger partial charge in [-0.05, 0) is 25.3 Å². The highest BCUT2D eigenvalue weighted by Crippen LogP contribution is 2.50. The summed E-state index contributed by atoms with van der Waals surface area (Å²) < 4.78 is 47.4. The third-order valence-corrected chi connectivity index (χ3v) is 5.28. The lowest BCUT2D eigenvalue weighted by Gasteiger charge is -2.50. The van der Waals surface area contributed by atoms with E-state index in [0.29, 0.717) is 39.1 Å². The van der Waals surface area contributed by atoms with Crippen LogP contribution in [0.5, 0.6) is 0 Å². The molecule has 2 aliphatic heterocycles. The number of carbonyl (C=O) groups is 1. The number of nitrogens with one attached hydrogen (secondary N) is 1. The maximum Gasteiger partial charge on any atom is 0.392 e. The molecule has 0 aromatic carbocycles. The largest absolute Gasteiger partial charge is 0.392 e. The van der Waals surface area contributed by atoms with Gasteiger partial charge in [0.15, 0.2) is 0 Å². The van der Waals surface area contributed by atoms with Crippen LogP contribution in [-0.4, -0.2) is 59.7 Å². The molecule has 9 heteroatoms. The lowest BCUT2D eigenvalue weighted by molar-refractivity contribution is -0.232. The first-order valence-electron chi connectivity index (χ1n) is 8.55. The molecule has 0 aliphatic carbocycles. The van der Waals surface area contributed by atoms with Crippen LogP contribution in [0.4, 0.5) is 18.0 Å². The van der Waals surface area contributed by atoms with Gasteiger partial charge in [0, 0.05) is 50.7 Å². The van der Waals surface area contributed by atoms with Crippen molar-refractivity contribution in [2.75, 3.05) is 32.8 Å². The molecule has 2 saturated heterocycles. The van der Waals surface area contributed by atoms with Crippen LogP contribution in [0, 0.1) is 11.3 Å². The lowest BCUT2D eigenvalue weighted by atomic mass is 9.66. The van der Waals surface area contributed by atoms with Gasteiger partial charge in [-0.1, -0.05) is 0 Å². The number of ether oxygens (including phenoxy) is 1. The Morgan fingerprint density at radius 2 is 2.12 bits per heavy atom. The molecule has 1 N–H and O–H groups in total. The predicted molar refractivity (Wildman–Crippen MR) is 83.8 cm³/mol. The van der Waals surface area contributed by atoms with Gasteiger partial charge in [0.2, 0.25) is 0 Å². The summed E-state index contributed by atoms with van der Waals surface area (Å²) >= 11 is 0. The second-order valence-corrected chi connectivity index (χ2v) is 6.78. The molecule has 1 aromatic heterocycles. The maximum atomic E-state index is 13.5. The van der Waals surface area contributed by atoms with Crippen molar-refractivity contribution in [3.05, 3.63) is 18.5 Å². The van der Waals surface area contributed by atoms with Gasteiger partial charge in [0.1, 0.15) is 0 Å². The molecule has 1 spiro atoms. The number of hydrogen-bond donors (Lipinski definition) is 1. The van der Waals surface area contributed by atoms with Crippen LogP contribution < -0.4 is 5.32 Å². The van der Waals surface area contributed by atoms with Crippen molar-refractivity contribution in [2.24, 2.45) is 11.3 Å². The van der Waals surface area contributed by atoms with E-state index in [0.717, 1.165) is 0 Å².